The lowest BCUT2D eigenvalue weighted by Gasteiger charge is -2.42. The number of carbonyl (C=O) groups excluding carboxylic acids is 2. The quantitative estimate of drug-likeness (QED) is 0.531. The second-order valence-electron chi connectivity index (χ2n) is 8.23. The SMILES string of the molecule is CC(C)(C)OC(=O)C1CC(NO)CCC1(N)C(=O)OC(C)(C)C. The van der Waals surface area contributed by atoms with Gasteiger partial charge in [0.25, 0.3) is 0 Å². The average molecular weight is 330 g/mol. The highest BCUT2D eigenvalue weighted by Crippen LogP contribution is 2.36. The summed E-state index contributed by atoms with van der Waals surface area (Å²) >= 11 is 0. The van der Waals surface area contributed by atoms with Gasteiger partial charge in [0.2, 0.25) is 0 Å². The fourth-order valence-electron chi connectivity index (χ4n) is 2.61. The van der Waals surface area contributed by atoms with Crippen molar-refractivity contribution in [2.24, 2.45) is 11.7 Å². The van der Waals surface area contributed by atoms with E-state index in [-0.39, 0.29) is 18.9 Å². The first-order valence-electron chi connectivity index (χ1n) is 7.93. The molecule has 0 aromatic heterocycles. The molecule has 0 spiro atoms. The van der Waals surface area contributed by atoms with Crippen LogP contribution in [0.2, 0.25) is 0 Å². The van der Waals surface area contributed by atoms with Gasteiger partial charge in [-0.25, -0.2) is 5.48 Å². The number of hydrogen-bond acceptors (Lipinski definition) is 7. The fraction of sp³-hybridized carbons (Fsp3) is 0.875. The highest BCUT2D eigenvalue weighted by atomic mass is 16.6. The van der Waals surface area contributed by atoms with Crippen molar-refractivity contribution in [3.8, 4) is 0 Å². The summed E-state index contributed by atoms with van der Waals surface area (Å²) < 4.78 is 10.8. The lowest BCUT2D eigenvalue weighted by atomic mass is 9.71. The van der Waals surface area contributed by atoms with Crippen LogP contribution in [0.25, 0.3) is 0 Å². The molecule has 23 heavy (non-hydrogen) atoms. The summed E-state index contributed by atoms with van der Waals surface area (Å²) in [6.45, 7) is 10.5. The molecule has 1 saturated carbocycles. The Morgan fingerprint density at radius 2 is 1.65 bits per heavy atom. The van der Waals surface area contributed by atoms with E-state index in [1.807, 2.05) is 0 Å². The number of hydroxylamine groups is 1. The number of carbonyl (C=O) groups is 2. The number of nitrogens with one attached hydrogen (secondary N) is 1. The van der Waals surface area contributed by atoms with Gasteiger partial charge in [0.1, 0.15) is 16.7 Å². The Bertz CT molecular complexity index is 452. The lowest BCUT2D eigenvalue weighted by molar-refractivity contribution is -0.178. The minimum Gasteiger partial charge on any atom is -0.460 e. The van der Waals surface area contributed by atoms with Gasteiger partial charge < -0.3 is 20.4 Å². The summed E-state index contributed by atoms with van der Waals surface area (Å²) in [4.78, 5) is 25.1. The van der Waals surface area contributed by atoms with E-state index in [0.717, 1.165) is 0 Å². The van der Waals surface area contributed by atoms with Gasteiger partial charge in [0.15, 0.2) is 0 Å². The molecule has 1 aliphatic carbocycles. The first-order chi connectivity index (χ1) is 10.3. The summed E-state index contributed by atoms with van der Waals surface area (Å²) in [5.74, 6) is -2.04. The number of esters is 2. The molecule has 0 amide bonds. The zero-order valence-corrected chi connectivity index (χ0v) is 14.9. The molecule has 4 N–H and O–H groups in total. The maximum absolute atomic E-state index is 12.6. The molecular weight excluding hydrogens is 300 g/mol. The van der Waals surface area contributed by atoms with Crippen LogP contribution >= 0.6 is 0 Å². The van der Waals surface area contributed by atoms with Gasteiger partial charge in [-0.05, 0) is 60.8 Å². The first kappa shape index (κ1) is 19.9. The highest BCUT2D eigenvalue weighted by Gasteiger charge is 2.53. The van der Waals surface area contributed by atoms with Crippen molar-refractivity contribution in [1.82, 2.24) is 5.48 Å². The van der Waals surface area contributed by atoms with E-state index < -0.39 is 34.6 Å². The van der Waals surface area contributed by atoms with Gasteiger partial charge in [-0.3, -0.25) is 9.59 Å². The molecule has 134 valence electrons. The summed E-state index contributed by atoms with van der Waals surface area (Å²) in [6, 6.07) is -0.313. The molecule has 0 aromatic rings. The van der Waals surface area contributed by atoms with E-state index in [2.05, 4.69) is 5.48 Å². The van der Waals surface area contributed by atoms with Crippen molar-refractivity contribution in [3.05, 3.63) is 0 Å². The molecule has 0 aromatic carbocycles. The Labute approximate surface area is 137 Å². The molecule has 0 bridgehead atoms. The Morgan fingerprint density at radius 3 is 2.09 bits per heavy atom. The summed E-state index contributed by atoms with van der Waals surface area (Å²) in [5.41, 5.74) is 5.62. The molecule has 0 saturated heterocycles. The standard InChI is InChI=1S/C16H30N2O5/c1-14(2,3)22-12(19)11-9-10(18-21)7-8-16(11,17)13(20)23-15(4,5)6/h10-11,18,21H,7-9,17H2,1-6H3. The van der Waals surface area contributed by atoms with E-state index >= 15 is 0 Å². The normalized spacial score (nSPS) is 29.0. The Morgan fingerprint density at radius 1 is 1.13 bits per heavy atom. The van der Waals surface area contributed by atoms with Crippen molar-refractivity contribution in [1.29, 1.82) is 0 Å². The lowest BCUT2D eigenvalue weighted by Crippen LogP contribution is -2.63. The third kappa shape index (κ3) is 5.44. The minimum atomic E-state index is -1.46. The van der Waals surface area contributed by atoms with E-state index in [9.17, 15) is 9.59 Å². The molecule has 7 nitrogen and oxygen atoms in total. The summed E-state index contributed by atoms with van der Waals surface area (Å²) in [7, 11) is 0. The molecule has 3 atom stereocenters. The van der Waals surface area contributed by atoms with Crippen LogP contribution in [-0.2, 0) is 19.1 Å². The van der Waals surface area contributed by atoms with E-state index in [1.54, 1.807) is 41.5 Å². The van der Waals surface area contributed by atoms with Crippen LogP contribution in [0.5, 0.6) is 0 Å². The molecular formula is C16H30N2O5. The maximum Gasteiger partial charge on any atom is 0.327 e. The van der Waals surface area contributed by atoms with Gasteiger partial charge in [0.05, 0.1) is 5.92 Å². The van der Waals surface area contributed by atoms with E-state index in [4.69, 9.17) is 20.4 Å². The summed E-state index contributed by atoms with van der Waals surface area (Å²) in [6.07, 6.45) is 0.900. The van der Waals surface area contributed by atoms with Gasteiger partial charge in [-0.2, -0.15) is 0 Å². The minimum absolute atomic E-state index is 0.209. The molecule has 1 fully saturated rings. The number of rotatable bonds is 3. The number of nitrogens with two attached hydrogens (primary N) is 1. The molecule has 0 radical (unpaired) electrons. The van der Waals surface area contributed by atoms with Crippen LogP contribution < -0.4 is 11.2 Å². The third-order valence-electron chi connectivity index (χ3n) is 3.70. The van der Waals surface area contributed by atoms with Crippen LogP contribution in [0.4, 0.5) is 0 Å². The van der Waals surface area contributed by atoms with Crippen molar-refractivity contribution < 1.29 is 24.3 Å². The third-order valence-corrected chi connectivity index (χ3v) is 3.70. The second-order valence-corrected chi connectivity index (χ2v) is 8.23. The van der Waals surface area contributed by atoms with Crippen LogP contribution in [0.1, 0.15) is 60.8 Å². The zero-order chi connectivity index (χ0) is 18.1. The van der Waals surface area contributed by atoms with E-state index in [0.29, 0.717) is 6.42 Å². The van der Waals surface area contributed by atoms with Crippen LogP contribution in [0.15, 0.2) is 0 Å². The number of hydrogen-bond donors (Lipinski definition) is 3. The maximum atomic E-state index is 12.6. The monoisotopic (exact) mass is 330 g/mol. The fourth-order valence-corrected chi connectivity index (χ4v) is 2.61. The van der Waals surface area contributed by atoms with Gasteiger partial charge >= 0.3 is 11.9 Å². The van der Waals surface area contributed by atoms with Crippen LogP contribution in [0, 0.1) is 5.92 Å². The van der Waals surface area contributed by atoms with E-state index in [1.165, 1.54) is 0 Å². The molecule has 3 unspecified atom stereocenters. The second kappa shape index (κ2) is 6.75. The molecule has 7 heteroatoms. The first-order valence-corrected chi connectivity index (χ1v) is 7.93. The molecule has 1 rings (SSSR count). The summed E-state index contributed by atoms with van der Waals surface area (Å²) in [5, 5.41) is 9.16. The van der Waals surface area contributed by atoms with Gasteiger partial charge in [-0.1, -0.05) is 0 Å². The van der Waals surface area contributed by atoms with Gasteiger partial charge in [-0.15, -0.1) is 0 Å². The van der Waals surface area contributed by atoms with Crippen LogP contribution in [0.3, 0.4) is 0 Å². The smallest absolute Gasteiger partial charge is 0.327 e. The molecule has 1 aliphatic rings. The van der Waals surface area contributed by atoms with Crippen molar-refractivity contribution >= 4 is 11.9 Å². The van der Waals surface area contributed by atoms with Crippen molar-refractivity contribution in [2.45, 2.75) is 83.6 Å². The van der Waals surface area contributed by atoms with Crippen LogP contribution in [-0.4, -0.2) is 39.9 Å². The van der Waals surface area contributed by atoms with Crippen molar-refractivity contribution in [3.63, 3.8) is 0 Å². The van der Waals surface area contributed by atoms with Gasteiger partial charge in [0, 0.05) is 6.04 Å². The Kier molecular flexibility index (Phi) is 5.83. The predicted octanol–water partition coefficient (Wildman–Crippen LogP) is 1.51. The average Bonchev–Trinajstić information content (AvgIpc) is 2.35. The Balaban J connectivity index is 3.05. The Hall–Kier alpha value is -1.18. The predicted molar refractivity (Wildman–Crippen MR) is 84.7 cm³/mol. The zero-order valence-electron chi connectivity index (χ0n) is 14.9. The van der Waals surface area contributed by atoms with Crippen molar-refractivity contribution in [2.75, 3.05) is 0 Å². The largest absolute Gasteiger partial charge is 0.460 e. The highest BCUT2D eigenvalue weighted by molar-refractivity contribution is 5.89. The molecule has 0 aliphatic heterocycles. The number of ether oxygens (including phenoxy) is 2. The topological polar surface area (TPSA) is 111 Å². The molecule has 0 heterocycles.